The van der Waals surface area contributed by atoms with Crippen molar-refractivity contribution < 1.29 is 9.53 Å². The highest BCUT2D eigenvalue weighted by Crippen LogP contribution is 2.27. The zero-order valence-electron chi connectivity index (χ0n) is 13.2. The molecule has 0 N–H and O–H groups in total. The Kier molecular flexibility index (Phi) is 4.83. The fourth-order valence-electron chi connectivity index (χ4n) is 2.71. The predicted octanol–water partition coefficient (Wildman–Crippen LogP) is 3.05. The summed E-state index contributed by atoms with van der Waals surface area (Å²) in [6.45, 7) is 5.74. The maximum atomic E-state index is 12.2. The molecule has 0 unspecified atom stereocenters. The van der Waals surface area contributed by atoms with E-state index < -0.39 is 0 Å². The van der Waals surface area contributed by atoms with Crippen molar-refractivity contribution in [2.75, 3.05) is 18.0 Å². The van der Waals surface area contributed by atoms with Gasteiger partial charge in [0.25, 0.3) is 0 Å². The van der Waals surface area contributed by atoms with Crippen molar-refractivity contribution in [3.63, 3.8) is 0 Å². The van der Waals surface area contributed by atoms with Gasteiger partial charge in [-0.25, -0.2) is 0 Å². The molecule has 1 aliphatic rings. The van der Waals surface area contributed by atoms with Crippen LogP contribution in [0.1, 0.15) is 29.9 Å². The molecule has 1 saturated heterocycles. The molecule has 3 rings (SSSR count). The van der Waals surface area contributed by atoms with Crippen LogP contribution in [0, 0.1) is 0 Å². The van der Waals surface area contributed by atoms with Gasteiger partial charge in [-0.2, -0.15) is 0 Å². The van der Waals surface area contributed by atoms with Crippen molar-refractivity contribution in [1.82, 2.24) is 9.59 Å². The lowest BCUT2D eigenvalue weighted by Gasteiger charge is -2.35. The van der Waals surface area contributed by atoms with E-state index in [0.717, 1.165) is 23.8 Å². The minimum atomic E-state index is -0.0340. The first-order valence-corrected chi connectivity index (χ1v) is 8.41. The molecule has 0 aliphatic carbocycles. The van der Waals surface area contributed by atoms with Gasteiger partial charge in [0.05, 0.1) is 12.2 Å². The van der Waals surface area contributed by atoms with Crippen molar-refractivity contribution in [2.24, 2.45) is 0 Å². The molecule has 2 atom stereocenters. The van der Waals surface area contributed by atoms with Gasteiger partial charge in [-0.05, 0) is 26.0 Å². The van der Waals surface area contributed by atoms with E-state index in [4.69, 9.17) is 4.74 Å². The smallest absolute Gasteiger partial charge is 0.185 e. The third kappa shape index (κ3) is 3.83. The molecule has 23 heavy (non-hydrogen) atoms. The summed E-state index contributed by atoms with van der Waals surface area (Å²) in [7, 11) is 0. The van der Waals surface area contributed by atoms with E-state index in [0.29, 0.717) is 5.56 Å². The largest absolute Gasteiger partial charge is 0.372 e. The third-order valence-electron chi connectivity index (χ3n) is 3.65. The van der Waals surface area contributed by atoms with Crippen LogP contribution in [0.25, 0.3) is 6.08 Å². The van der Waals surface area contributed by atoms with Gasteiger partial charge >= 0.3 is 0 Å². The molecule has 0 spiro atoms. The number of aromatic nitrogens is 2. The van der Waals surface area contributed by atoms with Gasteiger partial charge in [0.1, 0.15) is 10.7 Å². The first-order chi connectivity index (χ1) is 11.1. The second-order valence-corrected chi connectivity index (χ2v) is 6.42. The van der Waals surface area contributed by atoms with Crippen LogP contribution >= 0.6 is 11.5 Å². The average molecular weight is 329 g/mol. The Morgan fingerprint density at radius 1 is 1.26 bits per heavy atom. The molecule has 5 nitrogen and oxygen atoms in total. The number of morpholine rings is 1. The van der Waals surface area contributed by atoms with Crippen LogP contribution in [0.2, 0.25) is 0 Å². The van der Waals surface area contributed by atoms with Crippen LogP contribution in [0.3, 0.4) is 0 Å². The standard InChI is InChI=1S/C17H19N3O2S/c1-12-10-20(11-13(2)22-12)17-15(18-19-23-17)8-9-16(21)14-6-4-3-5-7-14/h3-9,12-13H,10-11H2,1-2H3/b9-8+/t12-,13-/m1/s1. The molecular formula is C17H19N3O2S. The number of benzene rings is 1. The maximum Gasteiger partial charge on any atom is 0.185 e. The van der Waals surface area contributed by atoms with Gasteiger partial charge in [0.2, 0.25) is 0 Å². The highest BCUT2D eigenvalue weighted by atomic mass is 32.1. The van der Waals surface area contributed by atoms with Crippen molar-refractivity contribution in [2.45, 2.75) is 26.1 Å². The second-order valence-electron chi connectivity index (χ2n) is 5.69. The first-order valence-electron chi connectivity index (χ1n) is 7.63. The zero-order chi connectivity index (χ0) is 16.2. The molecule has 0 radical (unpaired) electrons. The Hall–Kier alpha value is -2.05. The molecule has 1 aromatic heterocycles. The van der Waals surface area contributed by atoms with Crippen molar-refractivity contribution >= 4 is 28.4 Å². The predicted molar refractivity (Wildman–Crippen MR) is 91.9 cm³/mol. The molecule has 0 saturated carbocycles. The zero-order valence-corrected chi connectivity index (χ0v) is 14.0. The quantitative estimate of drug-likeness (QED) is 0.637. The summed E-state index contributed by atoms with van der Waals surface area (Å²) in [5.41, 5.74) is 1.41. The number of carbonyl (C=O) groups is 1. The summed E-state index contributed by atoms with van der Waals surface area (Å²) in [5.74, 6) is -0.0340. The monoisotopic (exact) mass is 329 g/mol. The van der Waals surface area contributed by atoms with Crippen LogP contribution in [-0.2, 0) is 4.74 Å². The second kappa shape index (κ2) is 7.02. The van der Waals surface area contributed by atoms with E-state index in [1.54, 1.807) is 24.3 Å². The van der Waals surface area contributed by atoms with Gasteiger partial charge in [0.15, 0.2) is 5.78 Å². The van der Waals surface area contributed by atoms with Gasteiger partial charge in [0, 0.05) is 30.2 Å². The highest BCUT2D eigenvalue weighted by molar-refractivity contribution is 7.10. The number of hydrogen-bond donors (Lipinski definition) is 0. The van der Waals surface area contributed by atoms with E-state index in [1.165, 1.54) is 11.5 Å². The van der Waals surface area contributed by atoms with E-state index in [1.807, 2.05) is 18.2 Å². The SMILES string of the molecule is C[C@@H]1CN(c2snnc2/C=C/C(=O)c2ccccc2)C[C@@H](C)O1. The van der Waals surface area contributed by atoms with Crippen molar-refractivity contribution in [3.05, 3.63) is 47.7 Å². The first kappa shape index (κ1) is 15.8. The Labute approximate surface area is 139 Å². The van der Waals surface area contributed by atoms with Gasteiger partial charge < -0.3 is 9.64 Å². The van der Waals surface area contributed by atoms with E-state index in [-0.39, 0.29) is 18.0 Å². The lowest BCUT2D eigenvalue weighted by Crippen LogP contribution is -2.45. The van der Waals surface area contributed by atoms with Gasteiger partial charge in [-0.15, -0.1) is 5.10 Å². The summed E-state index contributed by atoms with van der Waals surface area (Å²) in [6, 6.07) is 9.21. The fourth-order valence-corrected chi connectivity index (χ4v) is 3.39. The number of ether oxygens (including phenoxy) is 1. The fraction of sp³-hybridized carbons (Fsp3) is 0.353. The maximum absolute atomic E-state index is 12.2. The van der Waals surface area contributed by atoms with E-state index in [9.17, 15) is 4.79 Å². The molecule has 0 bridgehead atoms. The summed E-state index contributed by atoms with van der Waals surface area (Å²) < 4.78 is 9.81. The minimum Gasteiger partial charge on any atom is -0.372 e. The molecular weight excluding hydrogens is 310 g/mol. The Bertz CT molecular complexity index is 689. The summed E-state index contributed by atoms with van der Waals surface area (Å²) in [6.07, 6.45) is 3.65. The Morgan fingerprint density at radius 3 is 2.65 bits per heavy atom. The van der Waals surface area contributed by atoms with Crippen LogP contribution in [-0.4, -0.2) is 40.7 Å². The Balaban J connectivity index is 1.76. The minimum absolute atomic E-state index is 0.0340. The molecule has 1 fully saturated rings. The average Bonchev–Trinajstić information content (AvgIpc) is 3.01. The third-order valence-corrected chi connectivity index (χ3v) is 4.46. The van der Waals surface area contributed by atoms with Crippen LogP contribution in [0.15, 0.2) is 36.4 Å². The number of rotatable bonds is 4. The molecule has 2 aromatic rings. The summed E-state index contributed by atoms with van der Waals surface area (Å²) in [4.78, 5) is 14.4. The molecule has 1 aliphatic heterocycles. The number of allylic oxidation sites excluding steroid dienone is 1. The number of anilines is 1. The van der Waals surface area contributed by atoms with E-state index >= 15 is 0 Å². The topological polar surface area (TPSA) is 55.3 Å². The molecule has 120 valence electrons. The number of ketones is 1. The van der Waals surface area contributed by atoms with Crippen LogP contribution in [0.5, 0.6) is 0 Å². The van der Waals surface area contributed by atoms with Crippen LogP contribution in [0.4, 0.5) is 5.00 Å². The number of carbonyl (C=O) groups excluding carboxylic acids is 1. The molecule has 0 amide bonds. The number of hydrogen-bond acceptors (Lipinski definition) is 6. The van der Waals surface area contributed by atoms with Crippen molar-refractivity contribution in [1.29, 1.82) is 0 Å². The molecule has 1 aromatic carbocycles. The summed E-state index contributed by atoms with van der Waals surface area (Å²) in [5, 5.41) is 5.14. The summed E-state index contributed by atoms with van der Waals surface area (Å²) >= 11 is 1.35. The lowest BCUT2D eigenvalue weighted by molar-refractivity contribution is -0.00502. The normalized spacial score (nSPS) is 21.7. The molecule has 2 heterocycles. The van der Waals surface area contributed by atoms with Gasteiger partial charge in [-0.3, -0.25) is 4.79 Å². The molecule has 6 heteroatoms. The highest BCUT2D eigenvalue weighted by Gasteiger charge is 2.25. The Morgan fingerprint density at radius 2 is 1.96 bits per heavy atom. The van der Waals surface area contributed by atoms with Crippen molar-refractivity contribution in [3.8, 4) is 0 Å². The number of nitrogens with zero attached hydrogens (tertiary/aromatic N) is 3. The lowest BCUT2D eigenvalue weighted by atomic mass is 10.1. The van der Waals surface area contributed by atoms with Crippen LogP contribution < -0.4 is 4.90 Å². The van der Waals surface area contributed by atoms with Gasteiger partial charge in [-0.1, -0.05) is 34.8 Å². The van der Waals surface area contributed by atoms with E-state index in [2.05, 4.69) is 28.3 Å².